The summed E-state index contributed by atoms with van der Waals surface area (Å²) >= 11 is 10.2. The van der Waals surface area contributed by atoms with Crippen LogP contribution in [-0.4, -0.2) is 22.4 Å². The molecule has 0 spiro atoms. The largest absolute Gasteiger partial charge is 0.341 e. The molecule has 0 bridgehead atoms. The zero-order valence-electron chi connectivity index (χ0n) is 10.1. The average molecular weight is 379 g/mol. The van der Waals surface area contributed by atoms with Crippen molar-refractivity contribution in [1.82, 2.24) is 14.7 Å². The van der Waals surface area contributed by atoms with Crippen LogP contribution in [0.25, 0.3) is 0 Å². The van der Waals surface area contributed by atoms with Gasteiger partial charge in [-0.15, -0.1) is 0 Å². The van der Waals surface area contributed by atoms with Crippen molar-refractivity contribution in [3.63, 3.8) is 0 Å². The molecule has 0 aromatic carbocycles. The van der Waals surface area contributed by atoms with Gasteiger partial charge in [0.05, 0.1) is 9.50 Å². The fourth-order valence-electron chi connectivity index (χ4n) is 1.28. The molecule has 2 amide bonds. The van der Waals surface area contributed by atoms with E-state index in [-0.39, 0.29) is 5.69 Å². The first-order valence-electron chi connectivity index (χ1n) is 5.29. The number of pyridine rings is 1. The summed E-state index contributed by atoms with van der Waals surface area (Å²) in [5.41, 5.74) is -0.278. The van der Waals surface area contributed by atoms with Gasteiger partial charge in [0.1, 0.15) is 16.5 Å². The summed E-state index contributed by atoms with van der Waals surface area (Å²) in [6.07, 6.45) is 1.53. The number of nitrogens with zero attached hydrogens (tertiary/aromatic N) is 1. The molecule has 2 aromatic rings. The Bertz CT molecular complexity index is 701. The minimum atomic E-state index is -0.487. The Morgan fingerprint density at radius 2 is 2.30 bits per heavy atom. The van der Waals surface area contributed by atoms with E-state index in [1.807, 2.05) is 0 Å². The highest BCUT2D eigenvalue weighted by atomic mass is 79.9. The fourth-order valence-corrected chi connectivity index (χ4v) is 2.35. The van der Waals surface area contributed by atoms with Crippen LogP contribution in [0.1, 0.15) is 0 Å². The van der Waals surface area contributed by atoms with Gasteiger partial charge in [-0.2, -0.15) is 0 Å². The second-order valence-electron chi connectivity index (χ2n) is 3.55. The van der Waals surface area contributed by atoms with Gasteiger partial charge in [0, 0.05) is 19.3 Å². The van der Waals surface area contributed by atoms with E-state index in [0.717, 1.165) is 11.5 Å². The molecule has 0 saturated heterocycles. The average Bonchev–Trinajstić information content (AvgIpc) is 2.75. The number of halogens is 2. The summed E-state index contributed by atoms with van der Waals surface area (Å²) in [4.78, 5) is 27.0. The van der Waals surface area contributed by atoms with Crippen LogP contribution in [0.4, 0.5) is 21.3 Å². The SMILES string of the molecule is CNC(=O)Nc1c(Nc2cc(Cl)c(Br)cn2)s[nH]c1=O. The summed E-state index contributed by atoms with van der Waals surface area (Å²) in [6, 6.07) is 1.11. The molecule has 0 radical (unpaired) electrons. The minimum absolute atomic E-state index is 0.121. The molecular weight excluding hydrogens is 370 g/mol. The Labute approximate surface area is 131 Å². The Hall–Kier alpha value is -1.58. The lowest BCUT2D eigenvalue weighted by molar-refractivity contribution is 0.254. The second-order valence-corrected chi connectivity index (χ2v) is 5.63. The van der Waals surface area contributed by atoms with Gasteiger partial charge in [0.2, 0.25) is 0 Å². The summed E-state index contributed by atoms with van der Waals surface area (Å²) in [5.74, 6) is 0.452. The van der Waals surface area contributed by atoms with Crippen LogP contribution in [0.5, 0.6) is 0 Å². The zero-order valence-corrected chi connectivity index (χ0v) is 13.2. The zero-order chi connectivity index (χ0) is 14.7. The van der Waals surface area contributed by atoms with Gasteiger partial charge < -0.3 is 16.0 Å². The standard InChI is InChI=1S/C10H9BrClN5O2S/c1-13-10(19)16-7-8(18)17-20-9(7)15-6-2-5(12)4(11)3-14-6/h2-3H,1H3,(H,14,15)(H,17,18)(H2,13,16,19). The Kier molecular flexibility index (Phi) is 4.63. The van der Waals surface area contributed by atoms with Gasteiger partial charge in [-0.1, -0.05) is 11.6 Å². The number of carbonyl (C=O) groups excluding carboxylic acids is 1. The van der Waals surface area contributed by atoms with Crippen LogP contribution in [0, 0.1) is 0 Å². The lowest BCUT2D eigenvalue weighted by Crippen LogP contribution is -2.27. The van der Waals surface area contributed by atoms with Crippen molar-refractivity contribution in [2.45, 2.75) is 0 Å². The highest BCUT2D eigenvalue weighted by Crippen LogP contribution is 2.28. The topological polar surface area (TPSA) is 98.9 Å². The third-order valence-electron chi connectivity index (χ3n) is 2.22. The Morgan fingerprint density at radius 1 is 1.55 bits per heavy atom. The summed E-state index contributed by atoms with van der Waals surface area (Å²) in [6.45, 7) is 0. The molecule has 10 heteroatoms. The van der Waals surface area contributed by atoms with E-state index < -0.39 is 11.6 Å². The van der Waals surface area contributed by atoms with Crippen molar-refractivity contribution < 1.29 is 4.79 Å². The number of amides is 2. The highest BCUT2D eigenvalue weighted by Gasteiger charge is 2.14. The quantitative estimate of drug-likeness (QED) is 0.660. The molecule has 4 N–H and O–H groups in total. The molecule has 0 atom stereocenters. The Balaban J connectivity index is 2.27. The number of carbonyl (C=O) groups is 1. The molecule has 0 aliphatic heterocycles. The maximum Gasteiger partial charge on any atom is 0.319 e. The van der Waals surface area contributed by atoms with Gasteiger partial charge in [0.25, 0.3) is 5.56 Å². The highest BCUT2D eigenvalue weighted by molar-refractivity contribution is 9.10. The lowest BCUT2D eigenvalue weighted by Gasteiger charge is -2.07. The van der Waals surface area contributed by atoms with Gasteiger partial charge >= 0.3 is 6.03 Å². The number of aromatic nitrogens is 2. The minimum Gasteiger partial charge on any atom is -0.341 e. The number of hydrogen-bond donors (Lipinski definition) is 4. The Morgan fingerprint density at radius 3 is 2.95 bits per heavy atom. The number of hydrogen-bond acceptors (Lipinski definition) is 5. The van der Waals surface area contributed by atoms with Crippen LogP contribution >= 0.6 is 39.1 Å². The molecule has 2 heterocycles. The van der Waals surface area contributed by atoms with Crippen LogP contribution in [0.3, 0.4) is 0 Å². The van der Waals surface area contributed by atoms with Crippen molar-refractivity contribution in [2.24, 2.45) is 0 Å². The number of nitrogens with one attached hydrogen (secondary N) is 4. The third kappa shape index (κ3) is 3.30. The molecule has 0 aliphatic carbocycles. The molecule has 2 aromatic heterocycles. The number of aromatic amines is 1. The first kappa shape index (κ1) is 14.8. The molecule has 106 valence electrons. The molecule has 0 saturated carbocycles. The van der Waals surface area contributed by atoms with Crippen molar-refractivity contribution in [3.05, 3.63) is 32.1 Å². The maximum absolute atomic E-state index is 11.6. The van der Waals surface area contributed by atoms with Crippen LogP contribution in [-0.2, 0) is 0 Å². The third-order valence-corrected chi connectivity index (χ3v) is 4.19. The molecule has 0 fully saturated rings. The van der Waals surface area contributed by atoms with Gasteiger partial charge in [-0.3, -0.25) is 9.17 Å². The predicted molar refractivity (Wildman–Crippen MR) is 83.2 cm³/mol. The van der Waals surface area contributed by atoms with E-state index in [9.17, 15) is 9.59 Å². The van der Waals surface area contributed by atoms with E-state index in [0.29, 0.717) is 20.3 Å². The van der Waals surface area contributed by atoms with Crippen LogP contribution in [0.15, 0.2) is 21.5 Å². The fraction of sp³-hybridized carbons (Fsp3) is 0.100. The maximum atomic E-state index is 11.6. The molecule has 2 rings (SSSR count). The van der Waals surface area contributed by atoms with E-state index in [1.54, 1.807) is 6.07 Å². The predicted octanol–water partition coefficient (Wildman–Crippen LogP) is 2.74. The molecule has 7 nitrogen and oxygen atoms in total. The molecule has 20 heavy (non-hydrogen) atoms. The first-order valence-corrected chi connectivity index (χ1v) is 7.28. The molecular formula is C10H9BrClN5O2S. The first-order chi connectivity index (χ1) is 9.51. The number of H-pyrrole nitrogens is 1. The molecule has 0 aliphatic rings. The van der Waals surface area contributed by atoms with E-state index >= 15 is 0 Å². The second kappa shape index (κ2) is 6.25. The van der Waals surface area contributed by atoms with Gasteiger partial charge in [-0.05, 0) is 27.5 Å². The summed E-state index contributed by atoms with van der Waals surface area (Å²) in [5, 5.41) is 8.64. The van der Waals surface area contributed by atoms with Crippen molar-refractivity contribution in [1.29, 1.82) is 0 Å². The van der Waals surface area contributed by atoms with Gasteiger partial charge in [-0.25, -0.2) is 9.78 Å². The van der Waals surface area contributed by atoms with Crippen molar-refractivity contribution >= 4 is 61.6 Å². The van der Waals surface area contributed by atoms with E-state index in [4.69, 9.17) is 11.6 Å². The number of anilines is 3. The molecule has 0 unspecified atom stereocenters. The van der Waals surface area contributed by atoms with Gasteiger partial charge in [0.15, 0.2) is 0 Å². The lowest BCUT2D eigenvalue weighted by atomic mass is 10.4. The van der Waals surface area contributed by atoms with Crippen LogP contribution in [0.2, 0.25) is 5.02 Å². The van der Waals surface area contributed by atoms with Crippen molar-refractivity contribution in [3.8, 4) is 0 Å². The monoisotopic (exact) mass is 377 g/mol. The number of rotatable bonds is 3. The van der Waals surface area contributed by atoms with E-state index in [2.05, 4.69) is 41.2 Å². The number of urea groups is 1. The summed E-state index contributed by atoms with van der Waals surface area (Å²) < 4.78 is 3.19. The smallest absolute Gasteiger partial charge is 0.319 e. The van der Waals surface area contributed by atoms with Crippen LogP contribution < -0.4 is 21.5 Å². The summed E-state index contributed by atoms with van der Waals surface area (Å²) in [7, 11) is 1.46. The van der Waals surface area contributed by atoms with Crippen molar-refractivity contribution in [2.75, 3.05) is 17.7 Å². The van der Waals surface area contributed by atoms with E-state index in [1.165, 1.54) is 13.2 Å². The normalized spacial score (nSPS) is 10.2.